The first kappa shape index (κ1) is 47.7. The minimum Gasteiger partial charge on any atom is -0.457 e. The molecule has 0 unspecified atom stereocenters. The van der Waals surface area contributed by atoms with E-state index in [0.29, 0.717) is 38.6 Å². The first-order chi connectivity index (χ1) is 27.6. The number of unbranched alkanes of at least 4 members (excludes halogenated alkanes) is 2. The van der Waals surface area contributed by atoms with Crippen LogP contribution < -0.4 is 5.32 Å². The van der Waals surface area contributed by atoms with Crippen molar-refractivity contribution in [1.29, 1.82) is 0 Å². The van der Waals surface area contributed by atoms with Crippen LogP contribution in [0.25, 0.3) is 10.2 Å². The van der Waals surface area contributed by atoms with Gasteiger partial charge in [0.05, 0.1) is 33.2 Å². The van der Waals surface area contributed by atoms with Crippen molar-refractivity contribution in [2.24, 2.45) is 17.3 Å². The van der Waals surface area contributed by atoms with Gasteiger partial charge in [-0.3, -0.25) is 24.1 Å². The molecule has 1 aromatic heterocycles. The van der Waals surface area contributed by atoms with E-state index >= 15 is 4.79 Å². The molecule has 3 heterocycles. The first-order valence-electron chi connectivity index (χ1n) is 21.2. The van der Waals surface area contributed by atoms with E-state index in [9.17, 15) is 19.2 Å². The minimum atomic E-state index is -2.38. The fourth-order valence-corrected chi connectivity index (χ4v) is 9.73. The molecule has 0 saturated carbocycles. The van der Waals surface area contributed by atoms with Crippen molar-refractivity contribution in [3.8, 4) is 0 Å². The molecule has 5 atom stereocenters. The third-order valence-corrected chi connectivity index (χ3v) is 17.7. The fraction of sp³-hybridized carbons (Fsp3) is 0.609. The molecule has 1 N–H and O–H groups in total. The number of nitrogens with zero attached hydrogens (tertiary/aromatic N) is 2. The van der Waals surface area contributed by atoms with Gasteiger partial charge in [-0.25, -0.2) is 9.78 Å². The van der Waals surface area contributed by atoms with E-state index in [1.165, 1.54) is 22.6 Å². The fourth-order valence-electron chi connectivity index (χ4n) is 7.49. The average molecular weight is 850 g/mol. The molecule has 13 heteroatoms. The Hall–Kier alpha value is -3.94. The monoisotopic (exact) mass is 849 g/mol. The Kier molecular flexibility index (Phi) is 16.6. The summed E-state index contributed by atoms with van der Waals surface area (Å²) in [4.78, 5) is 72.4. The lowest BCUT2D eigenvalue weighted by Crippen LogP contribution is -2.53. The number of carbonyl (C=O) groups excluding carboxylic acids is 5. The van der Waals surface area contributed by atoms with Crippen LogP contribution in [0.5, 0.6) is 0 Å². The summed E-state index contributed by atoms with van der Waals surface area (Å²) < 4.78 is 20.6. The molecule has 0 radical (unpaired) electrons. The predicted molar refractivity (Wildman–Crippen MR) is 236 cm³/mol. The van der Waals surface area contributed by atoms with Gasteiger partial charge in [0.15, 0.2) is 8.32 Å². The highest BCUT2D eigenvalue weighted by atomic mass is 32.1. The summed E-state index contributed by atoms with van der Waals surface area (Å²) in [5.41, 5.74) is 1.50. The van der Waals surface area contributed by atoms with Crippen LogP contribution >= 0.6 is 11.3 Å². The molecular formula is C46H67N3O8SSi. The summed E-state index contributed by atoms with van der Waals surface area (Å²) in [6.07, 6.45) is 8.30. The molecule has 0 spiro atoms. The minimum absolute atomic E-state index is 0.0289. The number of cyclic esters (lactones) is 1. The number of Topliss-reactive ketones (excluding diaryl/α,β-unsaturated/α-hetero) is 1. The number of esters is 1. The average Bonchev–Trinajstić information content (AvgIpc) is 3.69. The molecule has 0 aliphatic carbocycles. The van der Waals surface area contributed by atoms with Crippen LogP contribution in [0.4, 0.5) is 4.79 Å². The second kappa shape index (κ2) is 20.5. The molecule has 3 amide bonds. The summed E-state index contributed by atoms with van der Waals surface area (Å²) in [6, 6.07) is 5.94. The number of hydrogen-bond donors (Lipinski definition) is 1. The lowest BCUT2D eigenvalue weighted by Gasteiger charge is -2.45. The van der Waals surface area contributed by atoms with Crippen molar-refractivity contribution in [2.45, 2.75) is 150 Å². The second-order valence-corrected chi connectivity index (χ2v) is 24.4. The molecule has 59 heavy (non-hydrogen) atoms. The van der Waals surface area contributed by atoms with Gasteiger partial charge in [0.1, 0.15) is 18.0 Å². The van der Waals surface area contributed by atoms with Crippen molar-refractivity contribution >= 4 is 59.5 Å². The quantitative estimate of drug-likeness (QED) is 0.0726. The van der Waals surface area contributed by atoms with Crippen LogP contribution in [-0.4, -0.2) is 73.2 Å². The van der Waals surface area contributed by atoms with Gasteiger partial charge in [0.25, 0.3) is 11.8 Å². The first-order valence-corrected chi connectivity index (χ1v) is 24.9. The molecule has 2 aromatic rings. The summed E-state index contributed by atoms with van der Waals surface area (Å²) in [5, 5.41) is 3.63. The number of alkyl carbamates (subject to hydrolysis) is 1. The lowest BCUT2D eigenvalue weighted by molar-refractivity contribution is -0.156. The van der Waals surface area contributed by atoms with Gasteiger partial charge in [-0.2, -0.15) is 0 Å². The number of nitrogens with one attached hydrogen (secondary N) is 1. The van der Waals surface area contributed by atoms with Crippen LogP contribution in [0, 0.1) is 24.2 Å². The number of amides is 3. The SMILES string of the molecule is C=CC[C@H]1C(=O)C(C)(C)[C@@H](OC(=O)NCCCCCN2C(=O)C=CC2=O)CC(=O)O[C@H](c2ccc3sc(C)nc3c2)CC=C(C)CCC[C@H](C)[C@@H]1O[Si](C)(C)C(C)(C)C. The molecule has 0 saturated heterocycles. The molecular weight excluding hydrogens is 783 g/mol. The van der Waals surface area contributed by atoms with Crippen LogP contribution in [0.3, 0.4) is 0 Å². The van der Waals surface area contributed by atoms with E-state index in [1.54, 1.807) is 31.3 Å². The van der Waals surface area contributed by atoms with E-state index in [2.05, 4.69) is 70.7 Å². The number of allylic oxidation sites excluding steroid dienone is 2. The van der Waals surface area contributed by atoms with Gasteiger partial charge in [0.2, 0.25) is 0 Å². The number of carbonyl (C=O) groups is 5. The number of benzene rings is 1. The number of imide groups is 1. The molecule has 324 valence electrons. The van der Waals surface area contributed by atoms with E-state index in [4.69, 9.17) is 13.9 Å². The Balaban J connectivity index is 1.65. The van der Waals surface area contributed by atoms with E-state index < -0.39 is 50.0 Å². The van der Waals surface area contributed by atoms with Gasteiger partial charge in [-0.05, 0) is 114 Å². The highest BCUT2D eigenvalue weighted by Gasteiger charge is 2.49. The maximum Gasteiger partial charge on any atom is 0.407 e. The smallest absolute Gasteiger partial charge is 0.407 e. The van der Waals surface area contributed by atoms with Crippen molar-refractivity contribution in [3.63, 3.8) is 0 Å². The van der Waals surface area contributed by atoms with Crippen LogP contribution in [-0.2, 0) is 33.1 Å². The van der Waals surface area contributed by atoms with Crippen LogP contribution in [0.2, 0.25) is 18.1 Å². The zero-order chi connectivity index (χ0) is 43.7. The van der Waals surface area contributed by atoms with Gasteiger partial charge in [-0.15, -0.1) is 17.9 Å². The predicted octanol–water partition coefficient (Wildman–Crippen LogP) is 10.1. The second-order valence-electron chi connectivity index (χ2n) is 18.4. The highest BCUT2D eigenvalue weighted by Crippen LogP contribution is 2.43. The zero-order valence-electron chi connectivity index (χ0n) is 37.0. The number of fused-ring (bicyclic) bond motifs is 1. The number of hydrogen-bond acceptors (Lipinski definition) is 10. The maximum atomic E-state index is 15.1. The van der Waals surface area contributed by atoms with E-state index in [-0.39, 0.29) is 41.5 Å². The highest BCUT2D eigenvalue weighted by molar-refractivity contribution is 7.18. The number of ketones is 1. The van der Waals surface area contributed by atoms with Crippen LogP contribution in [0.1, 0.15) is 123 Å². The van der Waals surface area contributed by atoms with E-state index in [0.717, 1.165) is 40.1 Å². The number of ether oxygens (including phenoxy) is 2. The molecule has 1 aromatic carbocycles. The third-order valence-electron chi connectivity index (χ3n) is 12.3. The summed E-state index contributed by atoms with van der Waals surface area (Å²) in [7, 11) is -2.38. The Morgan fingerprint density at radius 3 is 2.46 bits per heavy atom. The zero-order valence-corrected chi connectivity index (χ0v) is 38.8. The normalized spacial score (nSPS) is 23.9. The molecule has 0 bridgehead atoms. The van der Waals surface area contributed by atoms with Gasteiger partial charge in [-0.1, -0.05) is 51.5 Å². The Bertz CT molecular complexity index is 1890. The standard InChI is InChI=1S/C46H67N3O8SSi/c1-12-17-34-42(57-59(10,11)45(5,6)7)31(3)19-16-18-30(2)20-22-36(33-21-23-37-35(28-33)48-32(4)58-37)55-41(52)29-38(46(8,9)43(34)53)56-44(54)47-26-14-13-15-27-49-39(50)24-25-40(49)51/h12,20-21,23-25,28,31,34,36,38,42H,1,13-19,22,26-27,29H2,2-11H3,(H,47,54)/t31-,34+,36-,38-,42-/m0/s1. The van der Waals surface area contributed by atoms with Crippen molar-refractivity contribution in [2.75, 3.05) is 13.1 Å². The van der Waals surface area contributed by atoms with Crippen molar-refractivity contribution in [3.05, 3.63) is 65.2 Å². The van der Waals surface area contributed by atoms with Crippen molar-refractivity contribution in [1.82, 2.24) is 15.2 Å². The molecule has 2 aliphatic heterocycles. The maximum absolute atomic E-state index is 15.1. The number of aryl methyl sites for hydroxylation is 1. The van der Waals surface area contributed by atoms with E-state index in [1.807, 2.05) is 25.1 Å². The number of rotatable bonds is 12. The molecule has 0 fully saturated rings. The number of aromatic nitrogens is 1. The largest absolute Gasteiger partial charge is 0.457 e. The molecule has 4 rings (SSSR count). The molecule has 2 aliphatic rings. The third kappa shape index (κ3) is 12.8. The van der Waals surface area contributed by atoms with Gasteiger partial charge in [0, 0.05) is 37.6 Å². The van der Waals surface area contributed by atoms with Crippen LogP contribution in [0.15, 0.2) is 54.7 Å². The van der Waals surface area contributed by atoms with Crippen molar-refractivity contribution < 1.29 is 37.9 Å². The summed E-state index contributed by atoms with van der Waals surface area (Å²) in [6.45, 7) is 25.3. The Morgan fingerprint density at radius 2 is 1.80 bits per heavy atom. The van der Waals surface area contributed by atoms with Gasteiger partial charge < -0.3 is 19.2 Å². The lowest BCUT2D eigenvalue weighted by atomic mass is 9.71. The Morgan fingerprint density at radius 1 is 1.10 bits per heavy atom. The molecule has 11 nitrogen and oxygen atoms in total. The Labute approximate surface area is 356 Å². The number of thiazole rings is 1. The topological polar surface area (TPSA) is 141 Å². The summed E-state index contributed by atoms with van der Waals surface area (Å²) in [5.74, 6) is -1.98. The van der Waals surface area contributed by atoms with Gasteiger partial charge >= 0.3 is 12.1 Å². The summed E-state index contributed by atoms with van der Waals surface area (Å²) >= 11 is 1.60.